The summed E-state index contributed by atoms with van der Waals surface area (Å²) in [4.78, 5) is 28.3. The lowest BCUT2D eigenvalue weighted by atomic mass is 10.1. The molecule has 9 nitrogen and oxygen atoms in total. The molecule has 0 unspecified atom stereocenters. The molecule has 0 aliphatic heterocycles. The first-order chi connectivity index (χ1) is 19.6. The molecule has 0 saturated carbocycles. The number of benzene rings is 3. The number of carbonyl (C=O) groups excluding carboxylic acids is 2. The van der Waals surface area contributed by atoms with E-state index in [1.165, 1.54) is 29.2 Å². The van der Waals surface area contributed by atoms with Crippen LogP contribution in [0.5, 0.6) is 11.5 Å². The van der Waals surface area contributed by atoms with E-state index in [2.05, 4.69) is 5.32 Å². The molecule has 0 spiro atoms. The van der Waals surface area contributed by atoms with Gasteiger partial charge in [-0.05, 0) is 86.5 Å². The van der Waals surface area contributed by atoms with Crippen LogP contribution < -0.4 is 19.1 Å². The maximum absolute atomic E-state index is 13.9. The van der Waals surface area contributed by atoms with Crippen LogP contribution in [0.4, 0.5) is 5.69 Å². The first-order valence-corrected chi connectivity index (χ1v) is 15.1. The Labute approximate surface area is 247 Å². The summed E-state index contributed by atoms with van der Waals surface area (Å²) in [5, 5.41) is 3.20. The van der Waals surface area contributed by atoms with Crippen LogP contribution in [0.25, 0.3) is 0 Å². The highest BCUT2D eigenvalue weighted by atomic mass is 35.5. The molecule has 0 saturated heterocycles. The summed E-state index contributed by atoms with van der Waals surface area (Å²) in [6.45, 7) is 5.85. The molecule has 0 fully saturated rings. The van der Waals surface area contributed by atoms with E-state index in [0.717, 1.165) is 16.3 Å². The van der Waals surface area contributed by atoms with Crippen molar-refractivity contribution in [2.24, 2.45) is 0 Å². The molecule has 3 aromatic carbocycles. The van der Waals surface area contributed by atoms with Crippen LogP contribution in [0.2, 0.25) is 5.02 Å². The highest BCUT2D eigenvalue weighted by Crippen LogP contribution is 2.27. The van der Waals surface area contributed by atoms with Crippen molar-refractivity contribution in [2.75, 3.05) is 31.1 Å². The molecule has 41 heavy (non-hydrogen) atoms. The predicted octanol–water partition coefficient (Wildman–Crippen LogP) is 4.89. The van der Waals surface area contributed by atoms with Gasteiger partial charge >= 0.3 is 0 Å². The van der Waals surface area contributed by atoms with E-state index in [9.17, 15) is 18.0 Å². The largest absolute Gasteiger partial charge is 0.497 e. The molecule has 0 aromatic heterocycles. The number of amides is 2. The van der Waals surface area contributed by atoms with Crippen LogP contribution in [0.3, 0.4) is 0 Å². The number of nitrogens with one attached hydrogen (secondary N) is 1. The maximum atomic E-state index is 13.9. The predicted molar refractivity (Wildman–Crippen MR) is 160 cm³/mol. The fourth-order valence-electron chi connectivity index (χ4n) is 4.04. The molecule has 3 aromatic rings. The third kappa shape index (κ3) is 8.37. The van der Waals surface area contributed by atoms with Crippen molar-refractivity contribution in [3.05, 3.63) is 83.4 Å². The van der Waals surface area contributed by atoms with Gasteiger partial charge in [0.15, 0.2) is 0 Å². The summed E-state index contributed by atoms with van der Waals surface area (Å²) in [6.07, 6.45) is 0.732. The fraction of sp³-hybridized carbons (Fsp3) is 0.333. The number of hydrogen-bond donors (Lipinski definition) is 1. The average Bonchev–Trinajstić information content (AvgIpc) is 2.98. The van der Waals surface area contributed by atoms with Crippen LogP contribution in [-0.4, -0.2) is 58.0 Å². The zero-order valence-corrected chi connectivity index (χ0v) is 25.2. The van der Waals surface area contributed by atoms with Gasteiger partial charge in [0.25, 0.3) is 10.0 Å². The minimum Gasteiger partial charge on any atom is -0.497 e. The summed E-state index contributed by atoms with van der Waals surface area (Å²) in [7, 11) is -2.64. The molecular weight excluding hydrogens is 566 g/mol. The van der Waals surface area contributed by atoms with Gasteiger partial charge < -0.3 is 19.7 Å². The van der Waals surface area contributed by atoms with Gasteiger partial charge in [0.2, 0.25) is 11.8 Å². The molecule has 0 bridgehead atoms. The van der Waals surface area contributed by atoms with E-state index in [4.69, 9.17) is 21.1 Å². The summed E-state index contributed by atoms with van der Waals surface area (Å²) >= 11 is 6.00. The number of hydrogen-bond acceptors (Lipinski definition) is 6. The molecule has 0 aliphatic rings. The number of methoxy groups -OCH3 is 1. The lowest BCUT2D eigenvalue weighted by Gasteiger charge is -2.32. The van der Waals surface area contributed by atoms with Gasteiger partial charge in [0.05, 0.1) is 24.3 Å². The van der Waals surface area contributed by atoms with E-state index in [1.807, 2.05) is 13.8 Å². The van der Waals surface area contributed by atoms with Gasteiger partial charge in [-0.1, -0.05) is 30.7 Å². The summed E-state index contributed by atoms with van der Waals surface area (Å²) < 4.78 is 39.5. The second-order valence-electron chi connectivity index (χ2n) is 9.23. The standard InChI is InChI=1S/C30H36ClN3O6S/c1-5-19-32-30(36)22(3)33(20-23-7-13-26(39-4)14-8-23)29(35)21-34(25-11-15-27(16-12-25)40-6-2)41(37,38)28-17-9-24(31)10-18-28/h7-18,22H,5-6,19-21H2,1-4H3,(H,32,36)/t22-/m0/s1. The van der Waals surface area contributed by atoms with Crippen molar-refractivity contribution < 1.29 is 27.5 Å². The van der Waals surface area contributed by atoms with Crippen molar-refractivity contribution in [3.8, 4) is 11.5 Å². The van der Waals surface area contributed by atoms with Crippen molar-refractivity contribution in [1.29, 1.82) is 0 Å². The quantitative estimate of drug-likeness (QED) is 0.282. The monoisotopic (exact) mass is 601 g/mol. The van der Waals surface area contributed by atoms with Gasteiger partial charge in [-0.15, -0.1) is 0 Å². The van der Waals surface area contributed by atoms with Crippen LogP contribution >= 0.6 is 11.6 Å². The second-order valence-corrected chi connectivity index (χ2v) is 11.5. The van der Waals surface area contributed by atoms with Crippen LogP contribution in [0.15, 0.2) is 77.7 Å². The smallest absolute Gasteiger partial charge is 0.264 e. The Balaban J connectivity index is 2.01. The number of rotatable bonds is 14. The Morgan fingerprint density at radius 1 is 0.927 bits per heavy atom. The van der Waals surface area contributed by atoms with Gasteiger partial charge in [-0.3, -0.25) is 13.9 Å². The van der Waals surface area contributed by atoms with Crippen molar-refractivity contribution in [1.82, 2.24) is 10.2 Å². The van der Waals surface area contributed by atoms with Crippen LogP contribution in [0, 0.1) is 0 Å². The lowest BCUT2D eigenvalue weighted by Crippen LogP contribution is -2.51. The molecular formula is C30H36ClN3O6S. The number of carbonyl (C=O) groups is 2. The Morgan fingerprint density at radius 3 is 2.10 bits per heavy atom. The third-order valence-corrected chi connectivity index (χ3v) is 8.38. The molecule has 1 N–H and O–H groups in total. The zero-order chi connectivity index (χ0) is 30.0. The summed E-state index contributed by atoms with van der Waals surface area (Å²) in [6, 6.07) is 18.4. The van der Waals surface area contributed by atoms with Crippen LogP contribution in [0.1, 0.15) is 32.8 Å². The Kier molecular flexibility index (Phi) is 11.4. The van der Waals surface area contributed by atoms with Gasteiger partial charge in [-0.2, -0.15) is 0 Å². The first-order valence-electron chi connectivity index (χ1n) is 13.3. The molecule has 3 rings (SSSR count). The second kappa shape index (κ2) is 14.7. The molecule has 0 heterocycles. The van der Waals surface area contributed by atoms with Crippen molar-refractivity contribution in [2.45, 2.75) is 44.7 Å². The van der Waals surface area contributed by atoms with Gasteiger partial charge in [0, 0.05) is 18.1 Å². The van der Waals surface area contributed by atoms with Gasteiger partial charge in [-0.25, -0.2) is 8.42 Å². The average molecular weight is 602 g/mol. The Hall–Kier alpha value is -3.76. The normalized spacial score (nSPS) is 11.8. The van der Waals surface area contributed by atoms with E-state index in [1.54, 1.807) is 62.6 Å². The molecule has 220 valence electrons. The molecule has 0 radical (unpaired) electrons. The van der Waals surface area contributed by atoms with Crippen LogP contribution in [-0.2, 0) is 26.2 Å². The highest BCUT2D eigenvalue weighted by Gasteiger charge is 2.32. The number of ether oxygens (including phenoxy) is 2. The number of sulfonamides is 1. The van der Waals surface area contributed by atoms with E-state index in [-0.39, 0.29) is 23.0 Å². The number of nitrogens with zero attached hydrogens (tertiary/aromatic N) is 2. The Morgan fingerprint density at radius 2 is 1.54 bits per heavy atom. The van der Waals surface area contributed by atoms with Gasteiger partial charge in [0.1, 0.15) is 24.1 Å². The minimum absolute atomic E-state index is 0.0287. The minimum atomic E-state index is -4.20. The summed E-state index contributed by atoms with van der Waals surface area (Å²) in [5.74, 6) is 0.332. The zero-order valence-electron chi connectivity index (χ0n) is 23.7. The molecule has 2 amide bonds. The Bertz CT molecular complexity index is 1400. The lowest BCUT2D eigenvalue weighted by molar-refractivity contribution is -0.139. The highest BCUT2D eigenvalue weighted by molar-refractivity contribution is 7.92. The molecule has 1 atom stereocenters. The molecule has 11 heteroatoms. The van der Waals surface area contributed by atoms with E-state index >= 15 is 0 Å². The van der Waals surface area contributed by atoms with Crippen molar-refractivity contribution in [3.63, 3.8) is 0 Å². The number of anilines is 1. The van der Waals surface area contributed by atoms with E-state index in [0.29, 0.717) is 29.7 Å². The topological polar surface area (TPSA) is 105 Å². The third-order valence-electron chi connectivity index (χ3n) is 6.34. The van der Waals surface area contributed by atoms with E-state index < -0.39 is 28.5 Å². The number of halogens is 1. The fourth-order valence-corrected chi connectivity index (χ4v) is 5.58. The first kappa shape index (κ1) is 31.8. The summed E-state index contributed by atoms with van der Waals surface area (Å²) in [5.41, 5.74) is 1.02. The maximum Gasteiger partial charge on any atom is 0.264 e. The molecule has 0 aliphatic carbocycles. The SMILES string of the molecule is CCCNC(=O)[C@H](C)N(Cc1ccc(OC)cc1)C(=O)CN(c1ccc(OCC)cc1)S(=O)(=O)c1ccc(Cl)cc1. The van der Waals surface area contributed by atoms with Crippen molar-refractivity contribution >= 4 is 39.1 Å².